The molecule has 1 amide bonds. The van der Waals surface area contributed by atoms with Crippen molar-refractivity contribution in [1.29, 1.82) is 0 Å². The number of benzene rings is 1. The number of rotatable bonds is 6. The molecule has 0 radical (unpaired) electrons. The maximum absolute atomic E-state index is 11.8. The average Bonchev–Trinajstić information content (AvgIpc) is 2.49. The smallest absolute Gasteiger partial charge is 0.269 e. The largest absolute Gasteiger partial charge is 0.356 e. The molecular weight excluding hydrogens is 326 g/mol. The van der Waals surface area contributed by atoms with Gasteiger partial charge in [-0.1, -0.05) is 12.1 Å². The van der Waals surface area contributed by atoms with E-state index in [0.29, 0.717) is 19.4 Å². The molecule has 1 aliphatic heterocycles. The number of carbonyl (C=O) groups is 1. The molecule has 1 atom stereocenters. The van der Waals surface area contributed by atoms with Gasteiger partial charge in [0, 0.05) is 49.2 Å². The molecule has 0 bridgehead atoms. The van der Waals surface area contributed by atoms with Crippen LogP contribution in [0.4, 0.5) is 5.69 Å². The Hall–Kier alpha value is -1.31. The normalized spacial score (nSPS) is 17.4. The molecule has 0 aliphatic carbocycles. The predicted molar refractivity (Wildman–Crippen MR) is 90.8 cm³/mol. The SMILES string of the molecule is Cl.O=C(CC1CSCCN1)NCCc1ccc([N+](=O)[O-])cc1. The fraction of sp³-hybridized carbons (Fsp3) is 0.500. The molecule has 22 heavy (non-hydrogen) atoms. The summed E-state index contributed by atoms with van der Waals surface area (Å²) in [6.45, 7) is 1.52. The van der Waals surface area contributed by atoms with Crippen LogP contribution in [0.3, 0.4) is 0 Å². The number of nitro benzene ring substituents is 1. The van der Waals surface area contributed by atoms with Gasteiger partial charge in [0.1, 0.15) is 0 Å². The standard InChI is InChI=1S/C14H19N3O3S.ClH/c18-14(9-12-10-21-8-7-15-12)16-6-5-11-1-3-13(4-2-11)17(19)20;/h1-4,12,15H,5-10H2,(H,16,18);1H. The lowest BCUT2D eigenvalue weighted by molar-refractivity contribution is -0.384. The van der Waals surface area contributed by atoms with E-state index in [4.69, 9.17) is 0 Å². The third-order valence-corrected chi connectivity index (χ3v) is 4.44. The Kier molecular flexibility index (Phi) is 8.22. The van der Waals surface area contributed by atoms with E-state index < -0.39 is 4.92 Å². The van der Waals surface area contributed by atoms with Crippen molar-refractivity contribution in [2.75, 3.05) is 24.6 Å². The summed E-state index contributed by atoms with van der Waals surface area (Å²) in [5, 5.41) is 16.8. The van der Waals surface area contributed by atoms with E-state index in [1.54, 1.807) is 12.1 Å². The third kappa shape index (κ3) is 6.21. The van der Waals surface area contributed by atoms with Crippen molar-refractivity contribution >= 4 is 35.8 Å². The molecule has 2 N–H and O–H groups in total. The first kappa shape index (κ1) is 18.7. The fourth-order valence-corrected chi connectivity index (χ4v) is 3.13. The van der Waals surface area contributed by atoms with Crippen molar-refractivity contribution in [1.82, 2.24) is 10.6 Å². The molecule has 0 saturated carbocycles. The van der Waals surface area contributed by atoms with Gasteiger partial charge in [0.05, 0.1) is 4.92 Å². The third-order valence-electron chi connectivity index (χ3n) is 3.31. The van der Waals surface area contributed by atoms with E-state index in [9.17, 15) is 14.9 Å². The molecule has 2 rings (SSSR count). The minimum absolute atomic E-state index is 0. The summed E-state index contributed by atoms with van der Waals surface area (Å²) < 4.78 is 0. The highest BCUT2D eigenvalue weighted by molar-refractivity contribution is 7.99. The Morgan fingerprint density at radius 3 is 2.73 bits per heavy atom. The monoisotopic (exact) mass is 345 g/mol. The van der Waals surface area contributed by atoms with Gasteiger partial charge in [0.2, 0.25) is 5.91 Å². The van der Waals surface area contributed by atoms with Crippen LogP contribution in [-0.4, -0.2) is 41.5 Å². The number of carbonyl (C=O) groups excluding carboxylic acids is 1. The summed E-state index contributed by atoms with van der Waals surface area (Å²) in [5.41, 5.74) is 1.07. The van der Waals surface area contributed by atoms with Crippen LogP contribution in [0.1, 0.15) is 12.0 Å². The highest BCUT2D eigenvalue weighted by atomic mass is 35.5. The molecule has 0 aromatic heterocycles. The van der Waals surface area contributed by atoms with Crippen molar-refractivity contribution in [2.24, 2.45) is 0 Å². The zero-order valence-corrected chi connectivity index (χ0v) is 13.8. The van der Waals surface area contributed by atoms with Crippen LogP contribution in [0.5, 0.6) is 0 Å². The molecule has 1 aromatic rings. The van der Waals surface area contributed by atoms with Crippen LogP contribution in [0.2, 0.25) is 0 Å². The summed E-state index contributed by atoms with van der Waals surface area (Å²) >= 11 is 1.87. The van der Waals surface area contributed by atoms with Gasteiger partial charge in [-0.15, -0.1) is 12.4 Å². The second kappa shape index (κ2) is 9.66. The second-order valence-corrected chi connectivity index (χ2v) is 6.10. The summed E-state index contributed by atoms with van der Waals surface area (Å²) in [6, 6.07) is 6.69. The predicted octanol–water partition coefficient (Wildman–Crippen LogP) is 1.77. The van der Waals surface area contributed by atoms with Crippen molar-refractivity contribution in [3.8, 4) is 0 Å². The molecule has 0 spiro atoms. The van der Waals surface area contributed by atoms with E-state index in [0.717, 1.165) is 23.6 Å². The van der Waals surface area contributed by atoms with E-state index >= 15 is 0 Å². The summed E-state index contributed by atoms with van der Waals surface area (Å²) in [7, 11) is 0. The minimum Gasteiger partial charge on any atom is -0.356 e. The fourth-order valence-electron chi connectivity index (χ4n) is 2.18. The van der Waals surface area contributed by atoms with Gasteiger partial charge >= 0.3 is 0 Å². The molecule has 6 nitrogen and oxygen atoms in total. The van der Waals surface area contributed by atoms with Crippen LogP contribution in [0.15, 0.2) is 24.3 Å². The Labute approximate surface area is 140 Å². The van der Waals surface area contributed by atoms with Crippen LogP contribution in [0.25, 0.3) is 0 Å². The first-order valence-electron chi connectivity index (χ1n) is 6.96. The van der Waals surface area contributed by atoms with Crippen LogP contribution < -0.4 is 10.6 Å². The Morgan fingerprint density at radius 2 is 2.14 bits per heavy atom. The Bertz CT molecular complexity index is 493. The van der Waals surface area contributed by atoms with E-state index in [2.05, 4.69) is 10.6 Å². The summed E-state index contributed by atoms with van der Waals surface area (Å²) in [6.07, 6.45) is 1.18. The molecule has 1 unspecified atom stereocenters. The maximum Gasteiger partial charge on any atom is 0.269 e. The van der Waals surface area contributed by atoms with Gasteiger partial charge in [-0.3, -0.25) is 14.9 Å². The van der Waals surface area contributed by atoms with Crippen LogP contribution in [-0.2, 0) is 11.2 Å². The van der Waals surface area contributed by atoms with Gasteiger partial charge in [-0.05, 0) is 12.0 Å². The van der Waals surface area contributed by atoms with Crippen molar-refractivity contribution in [3.63, 3.8) is 0 Å². The molecular formula is C14H20ClN3O3S. The summed E-state index contributed by atoms with van der Waals surface area (Å²) in [5.74, 6) is 2.14. The number of thioether (sulfide) groups is 1. The topological polar surface area (TPSA) is 84.3 Å². The van der Waals surface area contributed by atoms with Crippen molar-refractivity contribution in [2.45, 2.75) is 18.9 Å². The van der Waals surface area contributed by atoms with Gasteiger partial charge in [0.25, 0.3) is 5.69 Å². The lowest BCUT2D eigenvalue weighted by Gasteiger charge is -2.22. The number of nitro groups is 1. The molecule has 8 heteroatoms. The van der Waals surface area contributed by atoms with E-state index in [1.807, 2.05) is 11.8 Å². The molecule has 1 saturated heterocycles. The lowest BCUT2D eigenvalue weighted by Crippen LogP contribution is -2.41. The quantitative estimate of drug-likeness (QED) is 0.606. The van der Waals surface area contributed by atoms with Gasteiger partial charge in [-0.25, -0.2) is 0 Å². The number of amides is 1. The average molecular weight is 346 g/mol. The molecule has 1 aliphatic rings. The van der Waals surface area contributed by atoms with Gasteiger partial charge < -0.3 is 10.6 Å². The number of halogens is 1. The van der Waals surface area contributed by atoms with Crippen molar-refractivity contribution < 1.29 is 9.72 Å². The van der Waals surface area contributed by atoms with Crippen molar-refractivity contribution in [3.05, 3.63) is 39.9 Å². The van der Waals surface area contributed by atoms with Crippen LogP contribution >= 0.6 is 24.2 Å². The number of non-ortho nitro benzene ring substituents is 1. The number of hydrogen-bond acceptors (Lipinski definition) is 5. The number of hydrogen-bond donors (Lipinski definition) is 2. The minimum atomic E-state index is -0.416. The highest BCUT2D eigenvalue weighted by Gasteiger charge is 2.16. The van der Waals surface area contributed by atoms with Crippen LogP contribution in [0, 0.1) is 10.1 Å². The van der Waals surface area contributed by atoms with E-state index in [1.165, 1.54) is 12.1 Å². The second-order valence-electron chi connectivity index (χ2n) is 4.95. The summed E-state index contributed by atoms with van der Waals surface area (Å²) in [4.78, 5) is 21.9. The zero-order valence-electron chi connectivity index (χ0n) is 12.1. The Morgan fingerprint density at radius 1 is 1.41 bits per heavy atom. The Balaban J connectivity index is 0.00000242. The molecule has 1 fully saturated rings. The zero-order chi connectivity index (χ0) is 15.1. The number of nitrogens with one attached hydrogen (secondary N) is 2. The first-order valence-corrected chi connectivity index (χ1v) is 8.12. The number of nitrogens with zero attached hydrogens (tertiary/aromatic N) is 1. The lowest BCUT2D eigenvalue weighted by atomic mass is 10.1. The first-order chi connectivity index (χ1) is 10.1. The molecule has 1 aromatic carbocycles. The molecule has 122 valence electrons. The van der Waals surface area contributed by atoms with E-state index in [-0.39, 0.29) is 30.0 Å². The molecule has 1 heterocycles. The maximum atomic E-state index is 11.8. The highest BCUT2D eigenvalue weighted by Crippen LogP contribution is 2.12. The van der Waals surface area contributed by atoms with Gasteiger partial charge in [0.15, 0.2) is 0 Å². The van der Waals surface area contributed by atoms with Gasteiger partial charge in [-0.2, -0.15) is 11.8 Å².